The van der Waals surface area contributed by atoms with Crippen LogP contribution in [0.25, 0.3) is 0 Å². The zero-order chi connectivity index (χ0) is 40.1. The van der Waals surface area contributed by atoms with Crippen molar-refractivity contribution in [1.82, 2.24) is 4.98 Å². The van der Waals surface area contributed by atoms with E-state index in [-0.39, 0.29) is 59.8 Å². The monoisotopic (exact) mass is 774 g/mol. The van der Waals surface area contributed by atoms with Crippen molar-refractivity contribution in [2.75, 3.05) is 0 Å². The number of aliphatic hydroxyl groups is 3. The molecule has 4 saturated heterocycles. The summed E-state index contributed by atoms with van der Waals surface area (Å²) in [5.74, 6) is -3.10. The molecule has 55 heavy (non-hydrogen) atoms. The van der Waals surface area contributed by atoms with Crippen molar-refractivity contribution in [3.8, 4) is 0 Å². The van der Waals surface area contributed by atoms with E-state index >= 15 is 0 Å². The van der Waals surface area contributed by atoms with Gasteiger partial charge in [0.25, 0.3) is 0 Å². The van der Waals surface area contributed by atoms with Gasteiger partial charge in [0.05, 0.1) is 59.9 Å². The van der Waals surface area contributed by atoms with E-state index in [1.807, 2.05) is 47.6 Å². The summed E-state index contributed by atoms with van der Waals surface area (Å²) in [6.07, 6.45) is 10.4. The quantitative estimate of drug-likeness (QED) is 0.184. The molecule has 1 unspecified atom stereocenters. The van der Waals surface area contributed by atoms with Gasteiger partial charge in [0.15, 0.2) is 11.7 Å². The molecule has 6 rings (SSSR count). The first-order chi connectivity index (χ1) is 26.0. The number of hydrogen-bond donors (Lipinski definition) is 3. The number of nitrogens with zero attached hydrogens (tertiary/aromatic N) is 1. The summed E-state index contributed by atoms with van der Waals surface area (Å²) < 4.78 is 39.6. The van der Waals surface area contributed by atoms with Gasteiger partial charge in [0, 0.05) is 30.1 Å². The van der Waals surface area contributed by atoms with Crippen LogP contribution in [0, 0.1) is 35.5 Å². The van der Waals surface area contributed by atoms with E-state index in [2.05, 4.69) is 32.7 Å². The lowest BCUT2D eigenvalue weighted by atomic mass is 9.72. The molecule has 11 nitrogen and oxygen atoms in total. The molecule has 6 heterocycles. The lowest BCUT2D eigenvalue weighted by molar-refractivity contribution is -0.409. The molecule has 5 aliphatic heterocycles. The number of carbonyl (C=O) groups is 1. The molecule has 1 aromatic rings. The maximum atomic E-state index is 14.6. The number of rotatable bonds is 12. The number of Topliss-reactive ketones (excluding diaryl/α,β-unsaturated/α-hetero) is 1. The van der Waals surface area contributed by atoms with Gasteiger partial charge >= 0.3 is 0 Å². The molecule has 0 radical (unpaired) electrons. The third kappa shape index (κ3) is 7.91. The largest absolute Gasteiger partial charge is 0.449 e. The highest BCUT2D eigenvalue weighted by Crippen LogP contribution is 2.54. The first-order valence-electron chi connectivity index (χ1n) is 21.6. The van der Waals surface area contributed by atoms with Gasteiger partial charge in [-0.25, -0.2) is 4.98 Å². The molecule has 0 amide bonds. The van der Waals surface area contributed by atoms with Gasteiger partial charge in [-0.3, -0.25) is 4.79 Å². The molecule has 0 aromatic carbocycles. The molecule has 312 valence electrons. The number of ether oxygens (including phenoxy) is 5. The Labute approximate surface area is 329 Å². The Morgan fingerprint density at radius 3 is 2.35 bits per heavy atom. The van der Waals surface area contributed by atoms with E-state index in [4.69, 9.17) is 28.1 Å². The minimum atomic E-state index is -1.35. The zero-order valence-electron chi connectivity index (χ0n) is 35.1. The number of oxazole rings is 1. The number of ketones is 1. The van der Waals surface area contributed by atoms with E-state index in [1.54, 1.807) is 18.5 Å². The predicted molar refractivity (Wildman–Crippen MR) is 207 cm³/mol. The van der Waals surface area contributed by atoms with Crippen LogP contribution in [-0.4, -0.2) is 91.6 Å². The third-order valence-electron chi connectivity index (χ3n) is 14.9. The number of aliphatic hydroxyl groups excluding tert-OH is 2. The van der Waals surface area contributed by atoms with E-state index in [0.29, 0.717) is 44.4 Å². The lowest BCUT2D eigenvalue weighted by Gasteiger charge is -2.54. The molecule has 4 fully saturated rings. The third-order valence-corrected chi connectivity index (χ3v) is 14.9. The number of hydrogen-bond acceptors (Lipinski definition) is 11. The Morgan fingerprint density at radius 2 is 1.71 bits per heavy atom. The van der Waals surface area contributed by atoms with Crippen LogP contribution in [0.3, 0.4) is 0 Å². The molecule has 11 heteroatoms. The Kier molecular flexibility index (Phi) is 12.9. The van der Waals surface area contributed by atoms with Crippen LogP contribution in [0.2, 0.25) is 0 Å². The van der Waals surface area contributed by atoms with Crippen molar-refractivity contribution in [3.05, 3.63) is 30.5 Å². The van der Waals surface area contributed by atoms with E-state index in [1.165, 1.54) is 0 Å². The second kappa shape index (κ2) is 16.5. The SMILES string of the molecule is CCC(C(=O)[C@@H](C)[C@@H](O)[C@H](C)[C@@H]1O[C@@H]([C@@H](CC)c2ncco2)CC[C@@H]1C)[C@H]1O[C@]2(C=C[C@@H](O)[C@]3(CC[C@@](C)([C@H]4CC[C@](O)(CC)[C@H](C)O4)O3)O2)[C@H](C)C[C@@H]1C. The van der Waals surface area contributed by atoms with Gasteiger partial charge in [-0.05, 0) is 95.6 Å². The Bertz CT molecular complexity index is 1470. The summed E-state index contributed by atoms with van der Waals surface area (Å²) in [6.45, 7) is 20.3. The normalized spacial score (nSPS) is 45.0. The standard InChI is InChI=1S/C44H71NO10/c1-11-31(40-45-22-23-50-40)33-15-14-25(4)38(52-33)29(8)36(47)28(7)37(48)32(12-2)39-26(5)24-27(6)43(53-39)19-16-34(46)44(55-43)21-20-41(10,54-44)35-17-18-42(49,13-3)30(9)51-35/h16,19,22-23,25-36,38-39,46-47,49H,11-15,17-18,20-21,24H2,1-10H3/t25-,26-,27+,28-,29-,30-,31+,32?,33+,34+,35+,36+,38+,39-,41-,42+,43-,44-/m0/s1. The van der Waals surface area contributed by atoms with Crippen molar-refractivity contribution in [1.29, 1.82) is 0 Å². The molecule has 0 bridgehead atoms. The smallest absolute Gasteiger partial charge is 0.202 e. The molecule has 18 atom stereocenters. The fraction of sp³-hybridized carbons (Fsp3) is 0.864. The molecule has 3 N–H and O–H groups in total. The van der Waals surface area contributed by atoms with Crippen LogP contribution in [0.4, 0.5) is 0 Å². The molecule has 0 saturated carbocycles. The van der Waals surface area contributed by atoms with E-state index in [9.17, 15) is 20.1 Å². The maximum Gasteiger partial charge on any atom is 0.202 e. The summed E-state index contributed by atoms with van der Waals surface area (Å²) in [5, 5.41) is 34.4. The maximum absolute atomic E-state index is 14.6. The van der Waals surface area contributed by atoms with Gasteiger partial charge in [0.2, 0.25) is 5.79 Å². The second-order valence-electron chi connectivity index (χ2n) is 18.4. The first-order valence-corrected chi connectivity index (χ1v) is 21.6. The van der Waals surface area contributed by atoms with Crippen LogP contribution in [0.5, 0.6) is 0 Å². The van der Waals surface area contributed by atoms with E-state index in [0.717, 1.165) is 25.7 Å². The number of carbonyl (C=O) groups excluding carboxylic acids is 1. The molecular weight excluding hydrogens is 702 g/mol. The van der Waals surface area contributed by atoms with Gasteiger partial charge < -0.3 is 43.4 Å². The molecule has 5 aliphatic rings. The van der Waals surface area contributed by atoms with Crippen LogP contribution in [0.15, 0.2) is 29.0 Å². The highest BCUT2D eigenvalue weighted by molar-refractivity contribution is 5.84. The van der Waals surface area contributed by atoms with E-state index < -0.39 is 52.9 Å². The van der Waals surface area contributed by atoms with Crippen molar-refractivity contribution < 1.29 is 48.2 Å². The summed E-state index contributed by atoms with van der Waals surface area (Å²) in [4.78, 5) is 19.0. The first kappa shape index (κ1) is 42.9. The minimum Gasteiger partial charge on any atom is -0.449 e. The minimum absolute atomic E-state index is 0.0236. The Morgan fingerprint density at radius 1 is 0.964 bits per heavy atom. The Hall–Kier alpha value is -1.70. The second-order valence-corrected chi connectivity index (χ2v) is 18.4. The topological polar surface area (TPSA) is 150 Å². The molecule has 1 aromatic heterocycles. The summed E-state index contributed by atoms with van der Waals surface area (Å²) in [7, 11) is 0. The average Bonchev–Trinajstić information content (AvgIpc) is 3.82. The fourth-order valence-electron chi connectivity index (χ4n) is 10.9. The lowest BCUT2D eigenvalue weighted by Crippen LogP contribution is -2.63. The van der Waals surface area contributed by atoms with Crippen molar-refractivity contribution in [3.63, 3.8) is 0 Å². The predicted octanol–water partition coefficient (Wildman–Crippen LogP) is 7.26. The molecule has 2 spiro atoms. The van der Waals surface area contributed by atoms with Crippen LogP contribution >= 0.6 is 0 Å². The summed E-state index contributed by atoms with van der Waals surface area (Å²) >= 11 is 0. The van der Waals surface area contributed by atoms with Crippen LogP contribution < -0.4 is 0 Å². The van der Waals surface area contributed by atoms with Gasteiger partial charge in [-0.1, -0.05) is 55.4 Å². The molecular formula is C44H71NO10. The fourth-order valence-corrected chi connectivity index (χ4v) is 10.9. The highest BCUT2D eigenvalue weighted by Gasteiger charge is 2.63. The number of aromatic nitrogens is 1. The van der Waals surface area contributed by atoms with Crippen LogP contribution in [0.1, 0.15) is 145 Å². The van der Waals surface area contributed by atoms with Gasteiger partial charge in [-0.2, -0.15) is 0 Å². The molecule has 0 aliphatic carbocycles. The van der Waals surface area contributed by atoms with Crippen LogP contribution in [-0.2, 0) is 28.5 Å². The summed E-state index contributed by atoms with van der Waals surface area (Å²) in [6, 6.07) is 0. The average molecular weight is 774 g/mol. The van der Waals surface area contributed by atoms with Crippen molar-refractivity contribution >= 4 is 5.78 Å². The zero-order valence-corrected chi connectivity index (χ0v) is 35.1. The van der Waals surface area contributed by atoms with Crippen molar-refractivity contribution in [2.45, 2.75) is 205 Å². The highest BCUT2D eigenvalue weighted by atomic mass is 16.8. The van der Waals surface area contributed by atoms with Crippen molar-refractivity contribution in [2.24, 2.45) is 35.5 Å². The van der Waals surface area contributed by atoms with Gasteiger partial charge in [-0.15, -0.1) is 0 Å². The summed E-state index contributed by atoms with van der Waals surface area (Å²) in [5.41, 5.74) is -1.60. The Balaban J connectivity index is 1.16. The van der Waals surface area contributed by atoms with Gasteiger partial charge in [0.1, 0.15) is 18.2 Å².